The van der Waals surface area contributed by atoms with Crippen LogP contribution in [-0.4, -0.2) is 14.7 Å². The van der Waals surface area contributed by atoms with E-state index in [1.165, 1.54) is 6.42 Å². The fraction of sp³-hybridized carbons (Fsp3) is 0.400. The molecule has 0 amide bonds. The topological polar surface area (TPSA) is 60.7 Å². The molecule has 0 atom stereocenters. The molecule has 3 nitrogen and oxygen atoms in total. The summed E-state index contributed by atoms with van der Waals surface area (Å²) in [5.74, 6) is 0. The van der Waals surface area contributed by atoms with Crippen LogP contribution in [0.3, 0.4) is 0 Å². The van der Waals surface area contributed by atoms with Gasteiger partial charge in [0.2, 0.25) is 0 Å². The average Bonchev–Trinajstić information content (AvgIpc) is 2.59. The molecule has 2 rings (SSSR count). The van der Waals surface area contributed by atoms with Crippen molar-refractivity contribution in [1.82, 2.24) is 0 Å². The van der Waals surface area contributed by atoms with Crippen LogP contribution in [0.4, 0.5) is 0 Å². The molecule has 0 saturated heterocycles. The van der Waals surface area contributed by atoms with Crippen LogP contribution >= 0.6 is 7.28 Å². The molecule has 24 heavy (non-hydrogen) atoms. The minimum absolute atomic E-state index is 0.187. The Bertz CT molecular complexity index is 660. The van der Waals surface area contributed by atoms with E-state index in [9.17, 15) is 14.7 Å². The fourth-order valence-electron chi connectivity index (χ4n) is 3.20. The van der Waals surface area contributed by atoms with Gasteiger partial charge in [-0.1, -0.05) is 0 Å². The minimum atomic E-state index is -5.11. The van der Waals surface area contributed by atoms with Crippen molar-refractivity contribution in [1.29, 1.82) is 0 Å². The first kappa shape index (κ1) is 19.1. The first-order chi connectivity index (χ1) is 11.4. The number of rotatable bonds is 8. The summed E-state index contributed by atoms with van der Waals surface area (Å²) in [5, 5.41) is 0.481. The quantitative estimate of drug-likeness (QED) is 0.505. The summed E-state index contributed by atoms with van der Waals surface area (Å²) in [7, 11) is -5.11. The standard InChI is InChI=1S/C20H29O3P/c1-3-5-6-10-15-19-17(4-2)12-11-16-20(19)24(21,22,23)18-13-8-7-9-14-18/h7-9,11-14,16,21-23H,3-6,10,15H2,1-2H3. The fourth-order valence-corrected chi connectivity index (χ4v) is 5.31. The maximum atomic E-state index is 11.0. The molecule has 0 aliphatic heterocycles. The molecule has 4 heteroatoms. The molecule has 3 N–H and O–H groups in total. The van der Waals surface area contributed by atoms with Gasteiger partial charge in [-0.3, -0.25) is 0 Å². The molecule has 0 heterocycles. The van der Waals surface area contributed by atoms with Gasteiger partial charge >= 0.3 is 145 Å². The summed E-state index contributed by atoms with van der Waals surface area (Å²) in [6.45, 7) is 4.22. The zero-order chi connectivity index (χ0) is 17.7. The molecule has 0 aliphatic rings. The van der Waals surface area contributed by atoms with Crippen molar-refractivity contribution in [3.8, 4) is 0 Å². The zero-order valence-electron chi connectivity index (χ0n) is 14.7. The van der Waals surface area contributed by atoms with Crippen LogP contribution in [0.15, 0.2) is 48.5 Å². The predicted molar refractivity (Wildman–Crippen MR) is 103 cm³/mol. The van der Waals surface area contributed by atoms with Gasteiger partial charge in [-0.15, -0.1) is 0 Å². The number of aryl methyl sites for hydroxylation is 1. The Balaban J connectivity index is 2.48. The van der Waals surface area contributed by atoms with Crippen LogP contribution in [0.5, 0.6) is 0 Å². The van der Waals surface area contributed by atoms with Crippen LogP contribution in [-0.2, 0) is 12.8 Å². The van der Waals surface area contributed by atoms with E-state index in [0.29, 0.717) is 5.30 Å². The van der Waals surface area contributed by atoms with E-state index in [-0.39, 0.29) is 5.30 Å². The van der Waals surface area contributed by atoms with Gasteiger partial charge in [-0.05, 0) is 0 Å². The van der Waals surface area contributed by atoms with Crippen LogP contribution in [0.25, 0.3) is 0 Å². The normalized spacial score (nSPS) is 13.5. The summed E-state index contributed by atoms with van der Waals surface area (Å²) in [6, 6.07) is 13.9. The Morgan fingerprint density at radius 2 is 1.50 bits per heavy atom. The van der Waals surface area contributed by atoms with Crippen LogP contribution < -0.4 is 10.6 Å². The van der Waals surface area contributed by atoms with Gasteiger partial charge in [0.15, 0.2) is 0 Å². The summed E-state index contributed by atoms with van der Waals surface area (Å²) in [6.07, 6.45) is 5.98. The SMILES string of the molecule is CCCCCCc1c(CC)cccc1P(O)(O)(O)c1ccccc1. The van der Waals surface area contributed by atoms with E-state index in [4.69, 9.17) is 0 Å². The molecule has 0 fully saturated rings. The summed E-state index contributed by atoms with van der Waals surface area (Å²) >= 11 is 0. The van der Waals surface area contributed by atoms with E-state index >= 15 is 0 Å². The Morgan fingerprint density at radius 1 is 0.792 bits per heavy atom. The first-order valence-corrected chi connectivity index (χ1v) is 10.9. The van der Waals surface area contributed by atoms with Gasteiger partial charge in [0, 0.05) is 0 Å². The zero-order valence-corrected chi connectivity index (χ0v) is 15.5. The Labute approximate surface area is 145 Å². The van der Waals surface area contributed by atoms with Crippen molar-refractivity contribution >= 4 is 17.9 Å². The van der Waals surface area contributed by atoms with Gasteiger partial charge in [-0.2, -0.15) is 0 Å². The number of unbranched alkanes of at least 4 members (excludes halogenated alkanes) is 3. The second-order valence-corrected chi connectivity index (χ2v) is 9.35. The molecule has 2 aromatic carbocycles. The Kier molecular flexibility index (Phi) is 6.17. The van der Waals surface area contributed by atoms with E-state index in [1.807, 2.05) is 6.07 Å². The molecule has 0 bridgehead atoms. The molecule has 0 unspecified atom stereocenters. The van der Waals surface area contributed by atoms with E-state index in [0.717, 1.165) is 43.2 Å². The van der Waals surface area contributed by atoms with Gasteiger partial charge < -0.3 is 0 Å². The molecule has 0 aromatic heterocycles. The summed E-state index contributed by atoms with van der Waals surface area (Å²) in [5.41, 5.74) is 1.97. The van der Waals surface area contributed by atoms with E-state index < -0.39 is 7.28 Å². The Morgan fingerprint density at radius 3 is 2.12 bits per heavy atom. The van der Waals surface area contributed by atoms with Gasteiger partial charge in [-0.25, -0.2) is 0 Å². The average molecular weight is 348 g/mol. The molecule has 2 aromatic rings. The van der Waals surface area contributed by atoms with Crippen LogP contribution in [0.1, 0.15) is 50.7 Å². The van der Waals surface area contributed by atoms with Gasteiger partial charge in [0.25, 0.3) is 0 Å². The summed E-state index contributed by atoms with van der Waals surface area (Å²) in [4.78, 5) is 32.9. The third-order valence-electron chi connectivity index (χ3n) is 4.58. The van der Waals surface area contributed by atoms with Gasteiger partial charge in [0.05, 0.1) is 0 Å². The van der Waals surface area contributed by atoms with Crippen molar-refractivity contribution in [2.75, 3.05) is 0 Å². The number of benzene rings is 2. The van der Waals surface area contributed by atoms with Crippen molar-refractivity contribution in [3.05, 3.63) is 59.7 Å². The monoisotopic (exact) mass is 348 g/mol. The summed E-state index contributed by atoms with van der Waals surface area (Å²) < 4.78 is 0. The van der Waals surface area contributed by atoms with Gasteiger partial charge in [0.1, 0.15) is 0 Å². The molecule has 0 aliphatic carbocycles. The van der Waals surface area contributed by atoms with Crippen LogP contribution in [0.2, 0.25) is 0 Å². The second kappa shape index (κ2) is 7.76. The molecule has 0 radical (unpaired) electrons. The molecule has 0 saturated carbocycles. The molecule has 0 spiro atoms. The molecular formula is C20H29O3P. The third-order valence-corrected chi connectivity index (χ3v) is 7.14. The predicted octanol–water partition coefficient (Wildman–Crippen LogP) is 3.60. The van der Waals surface area contributed by atoms with Crippen molar-refractivity contribution in [2.24, 2.45) is 0 Å². The number of hydrogen-bond donors (Lipinski definition) is 3. The van der Waals surface area contributed by atoms with Crippen molar-refractivity contribution < 1.29 is 14.7 Å². The maximum absolute atomic E-state index is 11.0. The third kappa shape index (κ3) is 4.04. The molecule has 132 valence electrons. The van der Waals surface area contributed by atoms with E-state index in [1.54, 1.807) is 42.5 Å². The second-order valence-electron chi connectivity index (χ2n) is 6.39. The Hall–Kier alpha value is -1.25. The van der Waals surface area contributed by atoms with Crippen molar-refractivity contribution in [3.63, 3.8) is 0 Å². The molecular weight excluding hydrogens is 319 g/mol. The van der Waals surface area contributed by atoms with E-state index in [2.05, 4.69) is 13.8 Å². The van der Waals surface area contributed by atoms with Crippen molar-refractivity contribution in [2.45, 2.75) is 52.4 Å². The first-order valence-electron chi connectivity index (χ1n) is 8.82. The van der Waals surface area contributed by atoms with Crippen LogP contribution in [0, 0.1) is 0 Å². The number of hydrogen-bond acceptors (Lipinski definition) is 3.